The highest BCUT2D eigenvalue weighted by molar-refractivity contribution is 6.34. The molecule has 13 heavy (non-hydrogen) atoms. The van der Waals surface area contributed by atoms with Gasteiger partial charge >= 0.3 is 0 Å². The van der Waals surface area contributed by atoms with Gasteiger partial charge in [-0.2, -0.15) is 0 Å². The van der Waals surface area contributed by atoms with Crippen molar-refractivity contribution in [3.05, 3.63) is 22.3 Å². The summed E-state index contributed by atoms with van der Waals surface area (Å²) in [6.07, 6.45) is -0.267. The molecule has 1 aromatic rings. The number of hydrogen-bond acceptors (Lipinski definition) is 3. The minimum absolute atomic E-state index is 0.267. The van der Waals surface area contributed by atoms with Crippen LogP contribution >= 0.6 is 23.2 Å². The van der Waals surface area contributed by atoms with E-state index in [-0.39, 0.29) is 6.10 Å². The fourth-order valence-electron chi connectivity index (χ4n) is 1.26. The van der Waals surface area contributed by atoms with E-state index in [2.05, 4.69) is 4.98 Å². The topological polar surface area (TPSA) is 36.4 Å². The highest BCUT2D eigenvalue weighted by Gasteiger charge is 2.27. The zero-order chi connectivity index (χ0) is 9.42. The lowest BCUT2D eigenvalue weighted by Crippen LogP contribution is -2.51. The number of aliphatic hydroxyl groups is 1. The molecular formula is C8H8Cl2N2O. The van der Waals surface area contributed by atoms with E-state index in [1.165, 1.54) is 0 Å². The maximum absolute atomic E-state index is 9.09. The number of aromatic nitrogens is 1. The Morgan fingerprint density at radius 2 is 2.08 bits per heavy atom. The predicted octanol–water partition coefficient (Wildman–Crippen LogP) is 1.57. The van der Waals surface area contributed by atoms with Gasteiger partial charge in [0.05, 0.1) is 11.1 Å². The molecule has 1 fully saturated rings. The summed E-state index contributed by atoms with van der Waals surface area (Å²) in [5.74, 6) is 0.652. The van der Waals surface area contributed by atoms with Crippen molar-refractivity contribution in [2.45, 2.75) is 6.10 Å². The average Bonchev–Trinajstić information content (AvgIpc) is 2.04. The summed E-state index contributed by atoms with van der Waals surface area (Å²) < 4.78 is 0. The fourth-order valence-corrected chi connectivity index (χ4v) is 1.63. The van der Waals surface area contributed by atoms with Crippen LogP contribution in [-0.4, -0.2) is 29.3 Å². The van der Waals surface area contributed by atoms with Crippen LogP contribution in [-0.2, 0) is 0 Å². The van der Waals surface area contributed by atoms with Crippen molar-refractivity contribution >= 4 is 29.0 Å². The van der Waals surface area contributed by atoms with E-state index in [9.17, 15) is 0 Å². The van der Waals surface area contributed by atoms with E-state index in [1.807, 2.05) is 4.90 Å². The first-order valence-electron chi connectivity index (χ1n) is 3.92. The van der Waals surface area contributed by atoms with E-state index < -0.39 is 0 Å². The third kappa shape index (κ3) is 1.73. The number of halogens is 2. The molecule has 3 nitrogen and oxygen atoms in total. The molecule has 1 aliphatic rings. The first-order valence-corrected chi connectivity index (χ1v) is 4.67. The number of nitrogens with zero attached hydrogens (tertiary/aromatic N) is 2. The first kappa shape index (κ1) is 9.06. The van der Waals surface area contributed by atoms with Crippen molar-refractivity contribution < 1.29 is 5.11 Å². The van der Waals surface area contributed by atoms with E-state index in [0.29, 0.717) is 29.1 Å². The minimum Gasteiger partial charge on any atom is -0.389 e. The molecule has 70 valence electrons. The van der Waals surface area contributed by atoms with Gasteiger partial charge in [-0.3, -0.25) is 0 Å². The third-order valence-corrected chi connectivity index (χ3v) is 2.46. The van der Waals surface area contributed by atoms with Gasteiger partial charge in [-0.05, 0) is 12.1 Å². The molecule has 0 saturated carbocycles. The van der Waals surface area contributed by atoms with Crippen LogP contribution in [0.1, 0.15) is 0 Å². The lowest BCUT2D eigenvalue weighted by Gasteiger charge is -2.37. The van der Waals surface area contributed by atoms with Gasteiger partial charge in [0.2, 0.25) is 0 Å². The van der Waals surface area contributed by atoms with Gasteiger partial charge in [0.25, 0.3) is 0 Å². The van der Waals surface area contributed by atoms with Crippen molar-refractivity contribution in [3.63, 3.8) is 0 Å². The summed E-state index contributed by atoms with van der Waals surface area (Å²) in [6.45, 7) is 1.15. The molecule has 1 aliphatic heterocycles. The molecule has 1 N–H and O–H groups in total. The molecule has 1 saturated heterocycles. The van der Waals surface area contributed by atoms with Crippen LogP contribution in [0.2, 0.25) is 10.2 Å². The number of hydrogen-bond donors (Lipinski definition) is 1. The summed E-state index contributed by atoms with van der Waals surface area (Å²) in [5, 5.41) is 10.1. The largest absolute Gasteiger partial charge is 0.389 e. The maximum atomic E-state index is 9.09. The van der Waals surface area contributed by atoms with Crippen LogP contribution in [0, 0.1) is 0 Å². The van der Waals surface area contributed by atoms with Gasteiger partial charge in [-0.1, -0.05) is 23.2 Å². The van der Waals surface area contributed by atoms with Crippen LogP contribution in [0.15, 0.2) is 12.1 Å². The Morgan fingerprint density at radius 1 is 1.38 bits per heavy atom. The quantitative estimate of drug-likeness (QED) is 0.728. The zero-order valence-electron chi connectivity index (χ0n) is 6.74. The lowest BCUT2D eigenvalue weighted by atomic mass is 10.2. The molecule has 0 aliphatic carbocycles. The molecular weight excluding hydrogens is 211 g/mol. The second kappa shape index (κ2) is 3.33. The smallest absolute Gasteiger partial charge is 0.149 e. The Bertz CT molecular complexity index is 326. The van der Waals surface area contributed by atoms with E-state index >= 15 is 0 Å². The van der Waals surface area contributed by atoms with Crippen LogP contribution in [0.3, 0.4) is 0 Å². The Kier molecular flexibility index (Phi) is 2.32. The monoisotopic (exact) mass is 218 g/mol. The van der Waals surface area contributed by atoms with Gasteiger partial charge < -0.3 is 10.0 Å². The number of anilines is 1. The maximum Gasteiger partial charge on any atom is 0.149 e. The zero-order valence-corrected chi connectivity index (χ0v) is 8.26. The normalized spacial score (nSPS) is 17.3. The fraction of sp³-hybridized carbons (Fsp3) is 0.375. The Hall–Kier alpha value is -0.510. The van der Waals surface area contributed by atoms with Gasteiger partial charge in [0.15, 0.2) is 0 Å². The second-order valence-electron chi connectivity index (χ2n) is 3.00. The van der Waals surface area contributed by atoms with Crippen molar-refractivity contribution in [3.8, 4) is 0 Å². The summed E-state index contributed by atoms with van der Waals surface area (Å²) in [4.78, 5) is 5.97. The highest BCUT2D eigenvalue weighted by atomic mass is 35.5. The molecule has 5 heteroatoms. The summed E-state index contributed by atoms with van der Waals surface area (Å²) in [7, 11) is 0. The summed E-state index contributed by atoms with van der Waals surface area (Å²) >= 11 is 11.6. The lowest BCUT2D eigenvalue weighted by molar-refractivity contribution is 0.141. The molecule has 0 atom stereocenters. The van der Waals surface area contributed by atoms with Gasteiger partial charge in [0.1, 0.15) is 11.0 Å². The van der Waals surface area contributed by atoms with Gasteiger partial charge in [0, 0.05) is 13.1 Å². The Labute approximate surface area is 85.9 Å². The Morgan fingerprint density at radius 3 is 2.69 bits per heavy atom. The molecule has 0 spiro atoms. The van der Waals surface area contributed by atoms with Crippen LogP contribution < -0.4 is 4.90 Å². The van der Waals surface area contributed by atoms with Crippen molar-refractivity contribution in [1.29, 1.82) is 0 Å². The van der Waals surface area contributed by atoms with Crippen molar-refractivity contribution in [2.24, 2.45) is 0 Å². The second-order valence-corrected chi connectivity index (χ2v) is 3.79. The van der Waals surface area contributed by atoms with Crippen LogP contribution in [0.5, 0.6) is 0 Å². The van der Waals surface area contributed by atoms with Gasteiger partial charge in [-0.25, -0.2) is 4.98 Å². The number of rotatable bonds is 1. The van der Waals surface area contributed by atoms with E-state index in [0.717, 1.165) is 0 Å². The van der Waals surface area contributed by atoms with E-state index in [1.54, 1.807) is 12.1 Å². The summed E-state index contributed by atoms with van der Waals surface area (Å²) in [6, 6.07) is 3.35. The molecule has 1 aromatic heterocycles. The molecule has 0 aromatic carbocycles. The van der Waals surface area contributed by atoms with Crippen molar-refractivity contribution in [2.75, 3.05) is 18.0 Å². The minimum atomic E-state index is -0.267. The third-order valence-electron chi connectivity index (χ3n) is 1.96. The average molecular weight is 219 g/mol. The van der Waals surface area contributed by atoms with Crippen LogP contribution in [0.25, 0.3) is 0 Å². The standard InChI is InChI=1S/C8H8Cl2N2O/c9-6-1-2-7(10)11-8(6)12-3-5(13)4-12/h1-2,5,13H,3-4H2. The highest BCUT2D eigenvalue weighted by Crippen LogP contribution is 2.28. The number of aliphatic hydroxyl groups excluding tert-OH is 1. The van der Waals surface area contributed by atoms with Gasteiger partial charge in [-0.15, -0.1) is 0 Å². The molecule has 2 heterocycles. The molecule has 0 amide bonds. The summed E-state index contributed by atoms with van der Waals surface area (Å²) in [5.41, 5.74) is 0. The first-order chi connectivity index (χ1) is 6.16. The van der Waals surface area contributed by atoms with E-state index in [4.69, 9.17) is 28.3 Å². The van der Waals surface area contributed by atoms with Crippen LogP contribution in [0.4, 0.5) is 5.82 Å². The van der Waals surface area contributed by atoms with Crippen molar-refractivity contribution in [1.82, 2.24) is 4.98 Å². The number of pyridine rings is 1. The molecule has 0 unspecified atom stereocenters. The molecule has 2 rings (SSSR count). The SMILES string of the molecule is OC1CN(c2nc(Cl)ccc2Cl)C1. The number of β-amino-alcohol motifs (C(OH)–C–C–N with tert-alkyl or cyclic N) is 1. The Balaban J connectivity index is 2.24. The molecule has 0 bridgehead atoms. The predicted molar refractivity (Wildman–Crippen MR) is 52.5 cm³/mol. The molecule has 0 radical (unpaired) electrons.